The van der Waals surface area contributed by atoms with Gasteiger partial charge >= 0.3 is 0 Å². The molecular weight excluding hydrogens is 278 g/mol. The van der Waals surface area contributed by atoms with E-state index in [1.54, 1.807) is 0 Å². The van der Waals surface area contributed by atoms with Crippen molar-refractivity contribution in [1.29, 1.82) is 0 Å². The predicted octanol–water partition coefficient (Wildman–Crippen LogP) is 3.06. The van der Waals surface area contributed by atoms with Gasteiger partial charge in [0, 0.05) is 16.2 Å². The molecule has 3 nitrogen and oxygen atoms in total. The minimum Gasteiger partial charge on any atom is -0.309 e. The molecule has 0 amide bonds. The molecule has 4 heteroatoms. The Morgan fingerprint density at radius 3 is 3.12 bits per heavy atom. The fourth-order valence-electron chi connectivity index (χ4n) is 2.34. The van der Waals surface area contributed by atoms with Crippen molar-refractivity contribution in [1.82, 2.24) is 14.9 Å². The van der Waals surface area contributed by atoms with Gasteiger partial charge in [-0.25, -0.2) is 4.98 Å². The van der Waals surface area contributed by atoms with Gasteiger partial charge in [-0.05, 0) is 37.6 Å². The zero-order valence-electron chi connectivity index (χ0n) is 9.44. The predicted molar refractivity (Wildman–Crippen MR) is 71.2 cm³/mol. The molecule has 0 aliphatic carbocycles. The van der Waals surface area contributed by atoms with E-state index in [2.05, 4.69) is 42.9 Å². The second kappa shape index (κ2) is 4.63. The van der Waals surface area contributed by atoms with Crippen molar-refractivity contribution in [3.8, 4) is 5.69 Å². The summed E-state index contributed by atoms with van der Waals surface area (Å²) >= 11 is 3.51. The van der Waals surface area contributed by atoms with E-state index in [0.29, 0.717) is 6.04 Å². The van der Waals surface area contributed by atoms with Crippen molar-refractivity contribution in [2.45, 2.75) is 18.9 Å². The number of aromatic nitrogens is 2. The van der Waals surface area contributed by atoms with Gasteiger partial charge in [-0.1, -0.05) is 22.0 Å². The highest BCUT2D eigenvalue weighted by Crippen LogP contribution is 2.25. The van der Waals surface area contributed by atoms with E-state index in [1.165, 1.54) is 18.5 Å². The molecule has 0 unspecified atom stereocenters. The van der Waals surface area contributed by atoms with Gasteiger partial charge in [-0.2, -0.15) is 0 Å². The first kappa shape index (κ1) is 11.0. The quantitative estimate of drug-likeness (QED) is 0.922. The fourth-order valence-corrected chi connectivity index (χ4v) is 2.73. The molecule has 1 atom stereocenters. The van der Waals surface area contributed by atoms with E-state index < -0.39 is 0 Å². The van der Waals surface area contributed by atoms with Crippen LogP contribution < -0.4 is 5.32 Å². The molecule has 0 saturated carbocycles. The number of benzene rings is 1. The third kappa shape index (κ3) is 2.15. The normalized spacial score (nSPS) is 19.7. The highest BCUT2D eigenvalue weighted by Gasteiger charge is 2.20. The average molecular weight is 292 g/mol. The van der Waals surface area contributed by atoms with Crippen molar-refractivity contribution < 1.29 is 0 Å². The van der Waals surface area contributed by atoms with Crippen molar-refractivity contribution in [3.05, 3.63) is 47.0 Å². The standard InChI is InChI=1S/C13H14BrN3/c14-10-3-1-4-11(7-10)17-9-15-8-13(17)12-5-2-6-16-12/h1,3-4,7-9,12,16H,2,5-6H2/t12-/m0/s1. The monoisotopic (exact) mass is 291 g/mol. The Labute approximate surface area is 109 Å². The lowest BCUT2D eigenvalue weighted by Crippen LogP contribution is -2.16. The molecule has 17 heavy (non-hydrogen) atoms. The van der Waals surface area contributed by atoms with Crippen LogP contribution in [0, 0.1) is 0 Å². The van der Waals surface area contributed by atoms with Gasteiger partial charge < -0.3 is 9.88 Å². The summed E-state index contributed by atoms with van der Waals surface area (Å²) in [5.74, 6) is 0. The maximum atomic E-state index is 4.28. The van der Waals surface area contributed by atoms with Gasteiger partial charge in [0.1, 0.15) is 0 Å². The van der Waals surface area contributed by atoms with E-state index in [1.807, 2.05) is 24.7 Å². The molecule has 1 N–H and O–H groups in total. The number of hydrogen-bond acceptors (Lipinski definition) is 2. The zero-order valence-corrected chi connectivity index (χ0v) is 11.0. The topological polar surface area (TPSA) is 29.9 Å². The minimum atomic E-state index is 0.441. The Kier molecular flexibility index (Phi) is 2.99. The molecule has 3 rings (SSSR count). The van der Waals surface area contributed by atoms with E-state index in [-0.39, 0.29) is 0 Å². The number of nitrogens with zero attached hydrogens (tertiary/aromatic N) is 2. The summed E-state index contributed by atoms with van der Waals surface area (Å²) in [6.07, 6.45) is 6.29. The molecule has 1 aliphatic rings. The molecule has 1 saturated heterocycles. The molecule has 88 valence electrons. The second-order valence-corrected chi connectivity index (χ2v) is 5.23. The van der Waals surface area contributed by atoms with Crippen LogP contribution in [0.1, 0.15) is 24.6 Å². The first-order valence-electron chi connectivity index (χ1n) is 5.86. The number of hydrogen-bond donors (Lipinski definition) is 1. The van der Waals surface area contributed by atoms with Crippen LogP contribution in [0.3, 0.4) is 0 Å². The summed E-state index contributed by atoms with van der Waals surface area (Å²) in [4.78, 5) is 4.28. The summed E-state index contributed by atoms with van der Waals surface area (Å²) in [5, 5.41) is 3.51. The highest BCUT2D eigenvalue weighted by molar-refractivity contribution is 9.10. The molecule has 1 aromatic carbocycles. The Hall–Kier alpha value is -1.13. The van der Waals surface area contributed by atoms with Crippen molar-refractivity contribution in [3.63, 3.8) is 0 Å². The average Bonchev–Trinajstić information content (AvgIpc) is 3.00. The summed E-state index contributed by atoms with van der Waals surface area (Å²) in [5.41, 5.74) is 2.40. The van der Waals surface area contributed by atoms with Crippen LogP contribution in [0.5, 0.6) is 0 Å². The molecule has 0 bridgehead atoms. The van der Waals surface area contributed by atoms with Gasteiger partial charge in [0.15, 0.2) is 0 Å². The lowest BCUT2D eigenvalue weighted by molar-refractivity contribution is 0.615. The molecule has 0 radical (unpaired) electrons. The molecule has 2 heterocycles. The summed E-state index contributed by atoms with van der Waals surface area (Å²) < 4.78 is 3.25. The third-order valence-corrected chi connectivity index (χ3v) is 3.66. The van der Waals surface area contributed by atoms with Crippen molar-refractivity contribution in [2.75, 3.05) is 6.54 Å². The molecule has 0 spiro atoms. The largest absolute Gasteiger partial charge is 0.309 e. The van der Waals surface area contributed by atoms with Crippen LogP contribution >= 0.6 is 15.9 Å². The molecular formula is C13H14BrN3. The maximum absolute atomic E-state index is 4.28. The van der Waals surface area contributed by atoms with Gasteiger partial charge in [0.2, 0.25) is 0 Å². The lowest BCUT2D eigenvalue weighted by atomic mass is 10.1. The SMILES string of the molecule is Brc1cccc(-n2cncc2[C@@H]2CCCN2)c1. The zero-order chi connectivity index (χ0) is 11.7. The van der Waals surface area contributed by atoms with E-state index >= 15 is 0 Å². The smallest absolute Gasteiger partial charge is 0.0994 e. The lowest BCUT2D eigenvalue weighted by Gasteiger charge is -2.14. The van der Waals surface area contributed by atoms with Crippen LogP contribution in [0.25, 0.3) is 5.69 Å². The van der Waals surface area contributed by atoms with Gasteiger partial charge in [0.25, 0.3) is 0 Å². The Bertz CT molecular complexity index is 515. The Morgan fingerprint density at radius 2 is 2.35 bits per heavy atom. The van der Waals surface area contributed by atoms with Crippen LogP contribution in [-0.2, 0) is 0 Å². The summed E-state index contributed by atoms with van der Waals surface area (Å²) in [7, 11) is 0. The first-order valence-corrected chi connectivity index (χ1v) is 6.65. The number of rotatable bonds is 2. The van der Waals surface area contributed by atoms with E-state index in [9.17, 15) is 0 Å². The molecule has 1 aliphatic heterocycles. The van der Waals surface area contributed by atoms with Crippen LogP contribution in [0.2, 0.25) is 0 Å². The Morgan fingerprint density at radius 1 is 1.41 bits per heavy atom. The summed E-state index contributed by atoms with van der Waals surface area (Å²) in [6.45, 7) is 1.11. The highest BCUT2D eigenvalue weighted by atomic mass is 79.9. The number of imidazole rings is 1. The second-order valence-electron chi connectivity index (χ2n) is 4.32. The third-order valence-electron chi connectivity index (χ3n) is 3.17. The minimum absolute atomic E-state index is 0.441. The van der Waals surface area contributed by atoms with Crippen LogP contribution in [-0.4, -0.2) is 16.1 Å². The number of halogens is 1. The molecule has 1 aromatic heterocycles. The first-order chi connectivity index (χ1) is 8.34. The van der Waals surface area contributed by atoms with Crippen LogP contribution in [0.15, 0.2) is 41.3 Å². The molecule has 1 fully saturated rings. The van der Waals surface area contributed by atoms with Crippen LogP contribution in [0.4, 0.5) is 0 Å². The van der Waals surface area contributed by atoms with E-state index in [4.69, 9.17) is 0 Å². The number of nitrogens with one attached hydrogen (secondary N) is 1. The molecule has 2 aromatic rings. The van der Waals surface area contributed by atoms with Crippen molar-refractivity contribution >= 4 is 15.9 Å². The fraction of sp³-hybridized carbons (Fsp3) is 0.308. The van der Waals surface area contributed by atoms with E-state index in [0.717, 1.165) is 16.7 Å². The van der Waals surface area contributed by atoms with Gasteiger partial charge in [0.05, 0.1) is 18.2 Å². The maximum Gasteiger partial charge on any atom is 0.0994 e. The van der Waals surface area contributed by atoms with Crippen molar-refractivity contribution in [2.24, 2.45) is 0 Å². The van der Waals surface area contributed by atoms with Gasteiger partial charge in [-0.15, -0.1) is 0 Å². The van der Waals surface area contributed by atoms with Gasteiger partial charge in [-0.3, -0.25) is 0 Å². The summed E-state index contributed by atoms with van der Waals surface area (Å²) in [6, 6.07) is 8.74. The Balaban J connectivity index is 2.00.